The SMILES string of the molecule is O=C(O)c1ccccn1.c1cnn(-c2cc[nH]c2)c1. The molecule has 0 aliphatic heterocycles. The van der Waals surface area contributed by atoms with E-state index in [1.165, 1.54) is 12.3 Å². The Kier molecular flexibility index (Phi) is 4.07. The van der Waals surface area contributed by atoms with Crippen LogP contribution in [-0.2, 0) is 0 Å². The third-order valence-corrected chi connectivity index (χ3v) is 2.23. The van der Waals surface area contributed by atoms with Crippen LogP contribution in [0.5, 0.6) is 0 Å². The van der Waals surface area contributed by atoms with Crippen molar-refractivity contribution in [3.63, 3.8) is 0 Å². The Hall–Kier alpha value is -2.89. The van der Waals surface area contributed by atoms with Gasteiger partial charge in [0.2, 0.25) is 0 Å². The number of pyridine rings is 1. The van der Waals surface area contributed by atoms with Gasteiger partial charge in [0.05, 0.1) is 5.69 Å². The normalized spacial score (nSPS) is 9.47. The molecular weight excluding hydrogens is 244 g/mol. The highest BCUT2D eigenvalue weighted by Gasteiger charge is 1.98. The van der Waals surface area contributed by atoms with E-state index in [-0.39, 0.29) is 5.69 Å². The summed E-state index contributed by atoms with van der Waals surface area (Å²) in [6, 6.07) is 8.62. The Morgan fingerprint density at radius 2 is 2.11 bits per heavy atom. The molecule has 0 radical (unpaired) electrons. The van der Waals surface area contributed by atoms with E-state index in [4.69, 9.17) is 5.11 Å². The van der Waals surface area contributed by atoms with Gasteiger partial charge in [-0.05, 0) is 24.3 Å². The molecule has 3 heterocycles. The lowest BCUT2D eigenvalue weighted by Gasteiger charge is -1.91. The van der Waals surface area contributed by atoms with Crippen molar-refractivity contribution >= 4 is 5.97 Å². The first kappa shape index (κ1) is 12.6. The Bertz CT molecular complexity index is 571. The van der Waals surface area contributed by atoms with E-state index in [1.807, 2.05) is 30.7 Å². The van der Waals surface area contributed by atoms with Gasteiger partial charge in [-0.25, -0.2) is 14.5 Å². The summed E-state index contributed by atoms with van der Waals surface area (Å²) in [6.45, 7) is 0. The Balaban J connectivity index is 0.000000141. The van der Waals surface area contributed by atoms with Crippen molar-refractivity contribution in [2.24, 2.45) is 0 Å². The zero-order valence-corrected chi connectivity index (χ0v) is 9.97. The Labute approximate surface area is 109 Å². The third-order valence-electron chi connectivity index (χ3n) is 2.23. The minimum Gasteiger partial charge on any atom is -0.477 e. The third kappa shape index (κ3) is 3.53. The molecule has 0 saturated heterocycles. The van der Waals surface area contributed by atoms with Gasteiger partial charge in [0.15, 0.2) is 0 Å². The average Bonchev–Trinajstić information content (AvgIpc) is 3.13. The number of aromatic amines is 1. The molecule has 0 aliphatic carbocycles. The maximum absolute atomic E-state index is 10.1. The van der Waals surface area contributed by atoms with E-state index in [1.54, 1.807) is 23.0 Å². The number of H-pyrrole nitrogens is 1. The molecule has 0 spiro atoms. The Morgan fingerprint density at radius 1 is 1.21 bits per heavy atom. The van der Waals surface area contributed by atoms with Gasteiger partial charge in [-0.3, -0.25) is 0 Å². The molecular formula is C13H12N4O2. The van der Waals surface area contributed by atoms with Crippen molar-refractivity contribution in [2.75, 3.05) is 0 Å². The summed E-state index contributed by atoms with van der Waals surface area (Å²) in [7, 11) is 0. The predicted molar refractivity (Wildman–Crippen MR) is 69.1 cm³/mol. The van der Waals surface area contributed by atoms with Gasteiger partial charge in [0.1, 0.15) is 5.69 Å². The molecule has 0 fully saturated rings. The number of hydrogen-bond donors (Lipinski definition) is 2. The van der Waals surface area contributed by atoms with E-state index in [2.05, 4.69) is 15.1 Å². The number of carboxylic acids is 1. The van der Waals surface area contributed by atoms with Crippen molar-refractivity contribution in [1.82, 2.24) is 19.7 Å². The highest BCUT2D eigenvalue weighted by molar-refractivity contribution is 5.85. The topological polar surface area (TPSA) is 83.8 Å². The second-order valence-corrected chi connectivity index (χ2v) is 3.54. The van der Waals surface area contributed by atoms with Crippen LogP contribution >= 0.6 is 0 Å². The summed E-state index contributed by atoms with van der Waals surface area (Å²) in [5.74, 6) is -0.990. The van der Waals surface area contributed by atoms with Crippen LogP contribution in [0.4, 0.5) is 0 Å². The van der Waals surface area contributed by atoms with Crippen molar-refractivity contribution in [3.05, 3.63) is 67.0 Å². The monoisotopic (exact) mass is 256 g/mol. The molecule has 3 aromatic heterocycles. The fraction of sp³-hybridized carbons (Fsp3) is 0. The van der Waals surface area contributed by atoms with Crippen molar-refractivity contribution in [1.29, 1.82) is 0 Å². The summed E-state index contributed by atoms with van der Waals surface area (Å²) in [5.41, 5.74) is 1.14. The molecule has 0 atom stereocenters. The van der Waals surface area contributed by atoms with Crippen LogP contribution in [0.3, 0.4) is 0 Å². The molecule has 19 heavy (non-hydrogen) atoms. The van der Waals surface area contributed by atoms with Crippen LogP contribution in [0.15, 0.2) is 61.3 Å². The van der Waals surface area contributed by atoms with Crippen molar-refractivity contribution in [2.45, 2.75) is 0 Å². The molecule has 0 amide bonds. The Morgan fingerprint density at radius 3 is 2.58 bits per heavy atom. The lowest BCUT2D eigenvalue weighted by atomic mass is 10.4. The minimum absolute atomic E-state index is 0.0810. The predicted octanol–water partition coefficient (Wildman–Crippen LogP) is 1.98. The summed E-state index contributed by atoms with van der Waals surface area (Å²) < 4.78 is 1.80. The van der Waals surface area contributed by atoms with Crippen LogP contribution in [-0.4, -0.2) is 30.8 Å². The highest BCUT2D eigenvalue weighted by Crippen LogP contribution is 2.01. The van der Waals surface area contributed by atoms with Crippen LogP contribution in [0.1, 0.15) is 10.5 Å². The first-order valence-electron chi connectivity index (χ1n) is 5.54. The second kappa shape index (κ2) is 6.15. The summed E-state index contributed by atoms with van der Waals surface area (Å²) in [4.78, 5) is 16.7. The number of carbonyl (C=O) groups is 1. The standard InChI is InChI=1S/C7H7N3.C6H5NO2/c1-3-9-10(5-1)7-2-4-8-6-7;8-6(9)5-3-1-2-4-7-5/h1-6,8H;1-4H,(H,8,9). The second-order valence-electron chi connectivity index (χ2n) is 3.54. The summed E-state index contributed by atoms with van der Waals surface area (Å²) >= 11 is 0. The van der Waals surface area contributed by atoms with Gasteiger partial charge in [0, 0.05) is 31.0 Å². The quantitative estimate of drug-likeness (QED) is 0.734. The molecule has 0 aromatic carbocycles. The molecule has 3 rings (SSSR count). The zero-order valence-electron chi connectivity index (χ0n) is 9.97. The minimum atomic E-state index is -0.990. The first-order chi connectivity index (χ1) is 9.27. The van der Waals surface area contributed by atoms with Gasteiger partial charge in [-0.1, -0.05) is 6.07 Å². The van der Waals surface area contributed by atoms with E-state index in [0.717, 1.165) is 5.69 Å². The molecule has 0 aliphatic rings. The number of nitrogens with one attached hydrogen (secondary N) is 1. The number of aromatic nitrogens is 4. The van der Waals surface area contributed by atoms with Gasteiger partial charge in [-0.15, -0.1) is 0 Å². The van der Waals surface area contributed by atoms with Gasteiger partial charge < -0.3 is 10.1 Å². The first-order valence-corrected chi connectivity index (χ1v) is 5.54. The summed E-state index contributed by atoms with van der Waals surface area (Å²) in [5, 5.41) is 12.4. The van der Waals surface area contributed by atoms with Crippen LogP contribution < -0.4 is 0 Å². The number of aromatic carboxylic acids is 1. The molecule has 3 aromatic rings. The van der Waals surface area contributed by atoms with Crippen molar-refractivity contribution < 1.29 is 9.90 Å². The van der Waals surface area contributed by atoms with Crippen molar-refractivity contribution in [3.8, 4) is 5.69 Å². The fourth-order valence-corrected chi connectivity index (χ4v) is 1.37. The maximum atomic E-state index is 10.1. The molecule has 6 nitrogen and oxygen atoms in total. The van der Waals surface area contributed by atoms with Crippen LogP contribution in [0, 0.1) is 0 Å². The van der Waals surface area contributed by atoms with Gasteiger partial charge in [0.25, 0.3) is 0 Å². The maximum Gasteiger partial charge on any atom is 0.354 e. The molecule has 2 N–H and O–H groups in total. The average molecular weight is 256 g/mol. The number of nitrogens with zero attached hydrogens (tertiary/aromatic N) is 3. The molecule has 6 heteroatoms. The van der Waals surface area contributed by atoms with Crippen LogP contribution in [0.25, 0.3) is 5.69 Å². The number of carboxylic acid groups (broad SMARTS) is 1. The van der Waals surface area contributed by atoms with E-state index in [9.17, 15) is 4.79 Å². The van der Waals surface area contributed by atoms with Gasteiger partial charge >= 0.3 is 5.97 Å². The molecule has 96 valence electrons. The fourth-order valence-electron chi connectivity index (χ4n) is 1.37. The van der Waals surface area contributed by atoms with Gasteiger partial charge in [-0.2, -0.15) is 5.10 Å². The van der Waals surface area contributed by atoms with E-state index < -0.39 is 5.97 Å². The molecule has 0 saturated carbocycles. The zero-order chi connectivity index (χ0) is 13.5. The number of rotatable bonds is 2. The summed E-state index contributed by atoms with van der Waals surface area (Å²) in [6.07, 6.45) is 8.88. The van der Waals surface area contributed by atoms with E-state index >= 15 is 0 Å². The van der Waals surface area contributed by atoms with Crippen LogP contribution in [0.2, 0.25) is 0 Å². The lowest BCUT2D eigenvalue weighted by molar-refractivity contribution is 0.0690. The van der Waals surface area contributed by atoms with E-state index in [0.29, 0.717) is 0 Å². The molecule has 0 bridgehead atoms. The lowest BCUT2D eigenvalue weighted by Crippen LogP contribution is -1.97. The number of hydrogen-bond acceptors (Lipinski definition) is 3. The molecule has 0 unspecified atom stereocenters. The highest BCUT2D eigenvalue weighted by atomic mass is 16.4. The smallest absolute Gasteiger partial charge is 0.354 e. The largest absolute Gasteiger partial charge is 0.477 e.